The Bertz CT molecular complexity index is 229. The fourth-order valence-corrected chi connectivity index (χ4v) is 1.26. The van der Waals surface area contributed by atoms with Crippen LogP contribution in [0.15, 0.2) is 23.8 Å². The van der Waals surface area contributed by atoms with Crippen LogP contribution in [-0.4, -0.2) is 5.91 Å². The standard InChI is InChI=1S/C13H23NO/c1-3-4-5-6-7-8-9-10-11-12(2)13(14)15/h9-11H,3-8H2,1-2H3,(H2,14,15)/b10-9+,12-11+. The first-order chi connectivity index (χ1) is 7.18. The van der Waals surface area contributed by atoms with Crippen LogP contribution < -0.4 is 5.73 Å². The summed E-state index contributed by atoms with van der Waals surface area (Å²) in [6, 6.07) is 0. The molecule has 0 radical (unpaired) electrons. The number of hydrogen-bond acceptors (Lipinski definition) is 1. The van der Waals surface area contributed by atoms with E-state index in [0.29, 0.717) is 5.57 Å². The van der Waals surface area contributed by atoms with Crippen LogP contribution in [0.3, 0.4) is 0 Å². The molecule has 0 spiro atoms. The molecule has 86 valence electrons. The fraction of sp³-hybridized carbons (Fsp3) is 0.615. The van der Waals surface area contributed by atoms with Crippen LogP contribution in [0.4, 0.5) is 0 Å². The van der Waals surface area contributed by atoms with Crippen LogP contribution >= 0.6 is 0 Å². The lowest BCUT2D eigenvalue weighted by molar-refractivity contribution is -0.114. The number of allylic oxidation sites excluding steroid dienone is 3. The molecule has 1 amide bonds. The maximum Gasteiger partial charge on any atom is 0.244 e. The van der Waals surface area contributed by atoms with Crippen molar-refractivity contribution >= 4 is 5.91 Å². The molecule has 0 saturated heterocycles. The van der Waals surface area contributed by atoms with Gasteiger partial charge in [0.25, 0.3) is 0 Å². The smallest absolute Gasteiger partial charge is 0.244 e. The number of unbranched alkanes of at least 4 members (excludes halogenated alkanes) is 5. The molecule has 0 fully saturated rings. The highest BCUT2D eigenvalue weighted by Crippen LogP contribution is 2.05. The topological polar surface area (TPSA) is 43.1 Å². The summed E-state index contributed by atoms with van der Waals surface area (Å²) in [6.07, 6.45) is 13.4. The first-order valence-electron chi connectivity index (χ1n) is 5.81. The van der Waals surface area contributed by atoms with Gasteiger partial charge in [-0.05, 0) is 19.8 Å². The van der Waals surface area contributed by atoms with Gasteiger partial charge in [-0.25, -0.2) is 0 Å². The minimum atomic E-state index is -0.345. The molecular formula is C13H23NO. The Hall–Kier alpha value is -1.05. The maximum atomic E-state index is 10.7. The van der Waals surface area contributed by atoms with Crippen molar-refractivity contribution in [3.8, 4) is 0 Å². The number of primary amides is 1. The van der Waals surface area contributed by atoms with Crippen molar-refractivity contribution in [3.63, 3.8) is 0 Å². The van der Waals surface area contributed by atoms with Gasteiger partial charge in [0.2, 0.25) is 5.91 Å². The third-order valence-corrected chi connectivity index (χ3v) is 2.35. The Morgan fingerprint density at radius 2 is 1.87 bits per heavy atom. The van der Waals surface area contributed by atoms with E-state index in [1.165, 1.54) is 32.1 Å². The van der Waals surface area contributed by atoms with Gasteiger partial charge in [0.1, 0.15) is 0 Å². The Balaban J connectivity index is 3.47. The Morgan fingerprint density at radius 1 is 1.20 bits per heavy atom. The summed E-state index contributed by atoms with van der Waals surface area (Å²) in [5.74, 6) is -0.345. The van der Waals surface area contributed by atoms with E-state index in [1.54, 1.807) is 13.0 Å². The number of carbonyl (C=O) groups excluding carboxylic acids is 1. The van der Waals surface area contributed by atoms with Gasteiger partial charge in [-0.15, -0.1) is 0 Å². The SMILES string of the molecule is CCCCCCC/C=C/C=C(\C)C(N)=O. The van der Waals surface area contributed by atoms with E-state index in [2.05, 4.69) is 13.0 Å². The van der Waals surface area contributed by atoms with Gasteiger partial charge in [-0.2, -0.15) is 0 Å². The van der Waals surface area contributed by atoms with E-state index in [1.807, 2.05) is 6.08 Å². The molecule has 0 aromatic heterocycles. The van der Waals surface area contributed by atoms with Gasteiger partial charge in [-0.3, -0.25) is 4.79 Å². The largest absolute Gasteiger partial charge is 0.366 e. The molecule has 0 aliphatic carbocycles. The molecule has 0 aliphatic rings. The fourth-order valence-electron chi connectivity index (χ4n) is 1.26. The highest BCUT2D eigenvalue weighted by molar-refractivity contribution is 5.91. The van der Waals surface area contributed by atoms with Crippen LogP contribution in [0, 0.1) is 0 Å². The number of amides is 1. The molecule has 0 aromatic carbocycles. The highest BCUT2D eigenvalue weighted by Gasteiger charge is 1.92. The van der Waals surface area contributed by atoms with Gasteiger partial charge in [0, 0.05) is 5.57 Å². The van der Waals surface area contributed by atoms with E-state index in [-0.39, 0.29) is 5.91 Å². The van der Waals surface area contributed by atoms with Crippen LogP contribution in [0.5, 0.6) is 0 Å². The molecule has 0 aromatic rings. The molecule has 2 N–H and O–H groups in total. The first-order valence-corrected chi connectivity index (χ1v) is 5.81. The molecule has 2 nitrogen and oxygen atoms in total. The number of nitrogens with two attached hydrogens (primary N) is 1. The molecule has 0 aliphatic heterocycles. The molecule has 15 heavy (non-hydrogen) atoms. The Labute approximate surface area is 93.2 Å². The minimum Gasteiger partial charge on any atom is -0.366 e. The summed E-state index contributed by atoms with van der Waals surface area (Å²) in [4.78, 5) is 10.7. The van der Waals surface area contributed by atoms with Gasteiger partial charge < -0.3 is 5.73 Å². The highest BCUT2D eigenvalue weighted by atomic mass is 16.1. The summed E-state index contributed by atoms with van der Waals surface area (Å²) in [7, 11) is 0. The average Bonchev–Trinajstić information content (AvgIpc) is 2.21. The lowest BCUT2D eigenvalue weighted by atomic mass is 10.1. The predicted octanol–water partition coefficient (Wildman–Crippen LogP) is 3.33. The number of rotatable bonds is 8. The van der Waals surface area contributed by atoms with Gasteiger partial charge in [0.05, 0.1) is 0 Å². The molecule has 0 unspecified atom stereocenters. The van der Waals surface area contributed by atoms with Crippen LogP contribution in [0.2, 0.25) is 0 Å². The van der Waals surface area contributed by atoms with Crippen molar-refractivity contribution in [1.82, 2.24) is 0 Å². The van der Waals surface area contributed by atoms with Gasteiger partial charge in [0.15, 0.2) is 0 Å². The monoisotopic (exact) mass is 209 g/mol. The molecule has 0 saturated carbocycles. The van der Waals surface area contributed by atoms with E-state index >= 15 is 0 Å². The van der Waals surface area contributed by atoms with E-state index in [4.69, 9.17) is 5.73 Å². The first kappa shape index (κ1) is 13.9. The predicted molar refractivity (Wildman–Crippen MR) is 65.5 cm³/mol. The summed E-state index contributed by atoms with van der Waals surface area (Å²) in [5, 5.41) is 0. The second kappa shape index (κ2) is 9.50. The second-order valence-corrected chi connectivity index (χ2v) is 3.84. The van der Waals surface area contributed by atoms with Crippen molar-refractivity contribution in [2.75, 3.05) is 0 Å². The third-order valence-electron chi connectivity index (χ3n) is 2.35. The molecule has 0 bridgehead atoms. The van der Waals surface area contributed by atoms with Crippen molar-refractivity contribution < 1.29 is 4.79 Å². The molecular weight excluding hydrogens is 186 g/mol. The van der Waals surface area contributed by atoms with E-state index < -0.39 is 0 Å². The maximum absolute atomic E-state index is 10.7. The Kier molecular flexibility index (Phi) is 8.84. The summed E-state index contributed by atoms with van der Waals surface area (Å²) in [6.45, 7) is 3.95. The van der Waals surface area contributed by atoms with E-state index in [9.17, 15) is 4.79 Å². The number of hydrogen-bond donors (Lipinski definition) is 1. The lowest BCUT2D eigenvalue weighted by Gasteiger charge is -1.95. The third kappa shape index (κ3) is 9.26. The Morgan fingerprint density at radius 3 is 2.47 bits per heavy atom. The summed E-state index contributed by atoms with van der Waals surface area (Å²) < 4.78 is 0. The van der Waals surface area contributed by atoms with E-state index in [0.717, 1.165) is 6.42 Å². The number of carbonyl (C=O) groups is 1. The van der Waals surface area contributed by atoms with Crippen LogP contribution in [-0.2, 0) is 4.79 Å². The van der Waals surface area contributed by atoms with Gasteiger partial charge in [-0.1, -0.05) is 50.8 Å². The van der Waals surface area contributed by atoms with Crippen LogP contribution in [0.25, 0.3) is 0 Å². The zero-order valence-electron chi connectivity index (χ0n) is 9.96. The molecule has 0 rings (SSSR count). The van der Waals surface area contributed by atoms with Crippen molar-refractivity contribution in [2.24, 2.45) is 5.73 Å². The minimum absolute atomic E-state index is 0.345. The summed E-state index contributed by atoms with van der Waals surface area (Å²) >= 11 is 0. The zero-order valence-corrected chi connectivity index (χ0v) is 9.96. The van der Waals surface area contributed by atoms with Crippen molar-refractivity contribution in [2.45, 2.75) is 52.4 Å². The van der Waals surface area contributed by atoms with Crippen molar-refractivity contribution in [1.29, 1.82) is 0 Å². The molecule has 0 heterocycles. The van der Waals surface area contributed by atoms with Crippen molar-refractivity contribution in [3.05, 3.63) is 23.8 Å². The normalized spacial score (nSPS) is 12.3. The molecule has 0 atom stereocenters. The zero-order chi connectivity index (χ0) is 11.5. The quantitative estimate of drug-likeness (QED) is 0.372. The molecule has 2 heteroatoms. The van der Waals surface area contributed by atoms with Gasteiger partial charge >= 0.3 is 0 Å². The average molecular weight is 209 g/mol. The summed E-state index contributed by atoms with van der Waals surface area (Å²) in [5.41, 5.74) is 5.70. The van der Waals surface area contributed by atoms with Crippen LogP contribution in [0.1, 0.15) is 52.4 Å². The second-order valence-electron chi connectivity index (χ2n) is 3.84. The lowest BCUT2D eigenvalue weighted by Crippen LogP contribution is -2.11.